The van der Waals surface area contributed by atoms with Crippen molar-refractivity contribution in [3.05, 3.63) is 41.0 Å². The van der Waals surface area contributed by atoms with Crippen LogP contribution in [0.3, 0.4) is 0 Å². The number of halogens is 2. The van der Waals surface area contributed by atoms with Gasteiger partial charge >= 0.3 is 13.3 Å². The molecule has 1 rings (SSSR count). The molecule has 0 fully saturated rings. The monoisotopic (exact) mass is 360 g/mol. The van der Waals surface area contributed by atoms with Crippen molar-refractivity contribution in [2.75, 3.05) is 13.2 Å². The molecule has 1 aromatic rings. The molecule has 0 bridgehead atoms. The van der Waals surface area contributed by atoms with Crippen molar-refractivity contribution in [3.63, 3.8) is 0 Å². The molecule has 0 aliphatic carbocycles. The van der Waals surface area contributed by atoms with Gasteiger partial charge in [-0.05, 0) is 37.8 Å². The van der Waals surface area contributed by atoms with Gasteiger partial charge in [-0.1, -0.05) is 50.6 Å². The Morgan fingerprint density at radius 3 is 2.17 bits per heavy atom. The normalized spacial score (nSPS) is 14.1. The van der Waals surface area contributed by atoms with Gasteiger partial charge in [-0.25, -0.2) is 0 Å². The van der Waals surface area contributed by atoms with Gasteiger partial charge in [0.25, 0.3) is 0 Å². The Labute approximate surface area is 143 Å². The van der Waals surface area contributed by atoms with Crippen LogP contribution in [0.15, 0.2) is 29.8 Å². The highest BCUT2D eigenvalue weighted by molar-refractivity contribution is 7.54. The van der Waals surface area contributed by atoms with Crippen LogP contribution in [0.4, 0.5) is 8.78 Å². The van der Waals surface area contributed by atoms with E-state index < -0.39 is 13.3 Å². The predicted octanol–water partition coefficient (Wildman–Crippen LogP) is 6.45. The molecule has 0 unspecified atom stereocenters. The maximum Gasteiger partial charge on any atom is 0.404 e. The summed E-state index contributed by atoms with van der Waals surface area (Å²) in [5, 5.41) is 0. The zero-order valence-electron chi connectivity index (χ0n) is 15.2. The summed E-state index contributed by atoms with van der Waals surface area (Å²) in [6.45, 7) is 10.9. The highest BCUT2D eigenvalue weighted by Crippen LogP contribution is 2.66. The number of rotatable bonds is 7. The van der Waals surface area contributed by atoms with E-state index in [4.69, 9.17) is 9.05 Å². The minimum atomic E-state index is -4.58. The van der Waals surface area contributed by atoms with Crippen molar-refractivity contribution in [3.8, 4) is 0 Å². The molecule has 0 aliphatic rings. The van der Waals surface area contributed by atoms with Gasteiger partial charge in [0.05, 0.1) is 13.2 Å². The third-order valence-corrected chi connectivity index (χ3v) is 5.88. The number of hydrogen-bond acceptors (Lipinski definition) is 3. The van der Waals surface area contributed by atoms with E-state index in [0.717, 1.165) is 5.57 Å². The van der Waals surface area contributed by atoms with Gasteiger partial charge in [-0.15, -0.1) is 0 Å². The number of allylic oxidation sites excluding steroid dienone is 1. The van der Waals surface area contributed by atoms with E-state index >= 15 is 0 Å². The van der Waals surface area contributed by atoms with Crippen LogP contribution in [0.1, 0.15) is 52.7 Å². The molecular formula is C18H27F2O3P. The van der Waals surface area contributed by atoms with E-state index in [9.17, 15) is 13.3 Å². The summed E-state index contributed by atoms with van der Waals surface area (Å²) < 4.78 is 51.8. The van der Waals surface area contributed by atoms with Crippen molar-refractivity contribution in [1.82, 2.24) is 0 Å². The molecule has 0 saturated carbocycles. The van der Waals surface area contributed by atoms with Crippen LogP contribution in [-0.2, 0) is 19.3 Å². The molecular weight excluding hydrogens is 333 g/mol. The lowest BCUT2D eigenvalue weighted by Gasteiger charge is -2.26. The summed E-state index contributed by atoms with van der Waals surface area (Å²) in [6, 6.07) is 5.84. The van der Waals surface area contributed by atoms with Crippen molar-refractivity contribution in [2.24, 2.45) is 5.41 Å². The first-order valence-electron chi connectivity index (χ1n) is 8.04. The third-order valence-electron chi connectivity index (χ3n) is 3.74. The molecule has 136 valence electrons. The minimum absolute atomic E-state index is 0.0650. The van der Waals surface area contributed by atoms with Crippen molar-refractivity contribution in [2.45, 2.75) is 47.2 Å². The summed E-state index contributed by atoms with van der Waals surface area (Å²) >= 11 is 0. The highest BCUT2D eigenvalue weighted by atomic mass is 31.2. The van der Waals surface area contributed by atoms with Gasteiger partial charge in [0.2, 0.25) is 0 Å². The molecule has 0 atom stereocenters. The Bertz CT molecular complexity index is 623. The lowest BCUT2D eigenvalue weighted by atomic mass is 9.86. The molecule has 24 heavy (non-hydrogen) atoms. The second-order valence-corrected chi connectivity index (χ2v) is 8.65. The van der Waals surface area contributed by atoms with Crippen LogP contribution < -0.4 is 0 Å². The highest BCUT2D eigenvalue weighted by Gasteiger charge is 2.54. The van der Waals surface area contributed by atoms with E-state index in [1.807, 2.05) is 13.0 Å². The summed E-state index contributed by atoms with van der Waals surface area (Å²) in [5.41, 5.74) is -2.47. The Morgan fingerprint density at radius 1 is 1.17 bits per heavy atom. The Balaban J connectivity index is 3.31. The molecule has 0 aromatic heterocycles. The molecule has 0 spiro atoms. The van der Waals surface area contributed by atoms with Crippen molar-refractivity contribution < 1.29 is 22.4 Å². The van der Waals surface area contributed by atoms with E-state index in [0.29, 0.717) is 5.56 Å². The first kappa shape index (κ1) is 21.0. The summed E-state index contributed by atoms with van der Waals surface area (Å²) in [4.78, 5) is 0. The second-order valence-electron chi connectivity index (χ2n) is 6.58. The molecule has 0 saturated heterocycles. The van der Waals surface area contributed by atoms with Crippen LogP contribution in [-0.4, -0.2) is 13.2 Å². The van der Waals surface area contributed by atoms with E-state index in [1.165, 1.54) is 32.0 Å². The average Bonchev–Trinajstić information content (AvgIpc) is 2.47. The van der Waals surface area contributed by atoms with Crippen molar-refractivity contribution >= 4 is 13.7 Å². The smallest absolute Gasteiger partial charge is 0.304 e. The Hall–Kier alpha value is -1.03. The fourth-order valence-corrected chi connectivity index (χ4v) is 3.51. The lowest BCUT2D eigenvalue weighted by Crippen LogP contribution is -2.18. The predicted molar refractivity (Wildman–Crippen MR) is 94.3 cm³/mol. The largest absolute Gasteiger partial charge is 0.404 e. The quantitative estimate of drug-likeness (QED) is 0.524. The first-order valence-corrected chi connectivity index (χ1v) is 9.58. The van der Waals surface area contributed by atoms with Gasteiger partial charge in [0.15, 0.2) is 0 Å². The van der Waals surface area contributed by atoms with Crippen LogP contribution >= 0.6 is 7.60 Å². The van der Waals surface area contributed by atoms with Gasteiger partial charge < -0.3 is 9.05 Å². The summed E-state index contributed by atoms with van der Waals surface area (Å²) in [7, 11) is -4.58. The van der Waals surface area contributed by atoms with Crippen LogP contribution in [0.2, 0.25) is 0 Å². The van der Waals surface area contributed by atoms with Crippen LogP contribution in [0, 0.1) is 5.41 Å². The molecule has 0 radical (unpaired) electrons. The molecule has 0 heterocycles. The van der Waals surface area contributed by atoms with Crippen molar-refractivity contribution in [1.29, 1.82) is 0 Å². The third kappa shape index (κ3) is 4.75. The van der Waals surface area contributed by atoms with Crippen LogP contribution in [0.25, 0.3) is 6.08 Å². The maximum absolute atomic E-state index is 14.8. The van der Waals surface area contributed by atoms with Crippen LogP contribution in [0.5, 0.6) is 0 Å². The minimum Gasteiger partial charge on any atom is -0.304 e. The van der Waals surface area contributed by atoms with Gasteiger partial charge in [-0.2, -0.15) is 8.78 Å². The summed E-state index contributed by atoms with van der Waals surface area (Å²) in [5.74, 6) is 0. The second kappa shape index (κ2) is 7.90. The van der Waals surface area contributed by atoms with E-state index in [2.05, 4.69) is 20.8 Å². The standard InChI is InChI=1S/C18H27F2O3P/c1-7-22-24(21,23-8-2)18(19,20)16-11-9-10-15(13-16)12-14(3)17(4,5)6/h9-13H,7-8H2,1-6H3/b14-12+. The molecule has 1 aromatic carbocycles. The molecule has 6 heteroatoms. The van der Waals surface area contributed by atoms with Gasteiger partial charge in [0, 0.05) is 5.56 Å². The lowest BCUT2D eigenvalue weighted by molar-refractivity contribution is 0.0360. The average molecular weight is 360 g/mol. The number of alkyl halides is 2. The van der Waals surface area contributed by atoms with E-state index in [1.54, 1.807) is 6.07 Å². The SMILES string of the molecule is CCOP(=O)(OCC)C(F)(F)c1cccc(/C=C(\C)C(C)(C)C)c1. The fraction of sp³-hybridized carbons (Fsp3) is 0.556. The number of benzene rings is 1. The maximum atomic E-state index is 14.8. The first-order chi connectivity index (χ1) is 11.0. The molecule has 0 amide bonds. The molecule has 0 N–H and O–H groups in total. The molecule has 0 aliphatic heterocycles. The zero-order valence-corrected chi connectivity index (χ0v) is 16.1. The van der Waals surface area contributed by atoms with E-state index in [-0.39, 0.29) is 24.2 Å². The fourth-order valence-electron chi connectivity index (χ4n) is 1.98. The van der Waals surface area contributed by atoms with Gasteiger partial charge in [0.1, 0.15) is 0 Å². The topological polar surface area (TPSA) is 35.5 Å². The summed E-state index contributed by atoms with van der Waals surface area (Å²) in [6.07, 6.45) is 1.85. The van der Waals surface area contributed by atoms with Gasteiger partial charge in [-0.3, -0.25) is 4.57 Å². The Kier molecular flexibility index (Phi) is 6.92. The zero-order chi connectivity index (χ0) is 18.6. The number of hydrogen-bond donors (Lipinski definition) is 0. The Morgan fingerprint density at radius 2 is 1.71 bits per heavy atom. The molecule has 3 nitrogen and oxygen atoms in total.